The lowest BCUT2D eigenvalue weighted by Gasteiger charge is -2.26. The lowest BCUT2D eigenvalue weighted by molar-refractivity contribution is 0.246. The van der Waals surface area contributed by atoms with E-state index in [-0.39, 0.29) is 5.82 Å². The topological polar surface area (TPSA) is 15.3 Å². The smallest absolute Gasteiger partial charge is 0.137 e. The molecule has 1 atom stereocenters. The Kier molecular flexibility index (Phi) is 6.97. The molecule has 2 nitrogen and oxygen atoms in total. The van der Waals surface area contributed by atoms with E-state index in [1.165, 1.54) is 12.5 Å². The Balaban J connectivity index is 2.45. The van der Waals surface area contributed by atoms with E-state index in [1.54, 1.807) is 0 Å². The monoisotopic (exact) mass is 330 g/mol. The first kappa shape index (κ1) is 16.6. The van der Waals surface area contributed by atoms with Crippen molar-refractivity contribution in [3.63, 3.8) is 0 Å². The highest BCUT2D eigenvalue weighted by Crippen LogP contribution is 2.16. The molecule has 0 aliphatic carbocycles. The summed E-state index contributed by atoms with van der Waals surface area (Å²) in [6.07, 6.45) is 1.17. The third kappa shape index (κ3) is 6.02. The molecule has 0 aromatic heterocycles. The number of rotatable bonds is 7. The van der Waals surface area contributed by atoms with Crippen molar-refractivity contribution >= 4 is 15.9 Å². The van der Waals surface area contributed by atoms with Gasteiger partial charge in [0, 0.05) is 19.1 Å². The molecule has 1 rings (SSSR count). The third-order valence-corrected chi connectivity index (χ3v) is 3.77. The first-order chi connectivity index (χ1) is 8.90. The molecule has 0 bridgehead atoms. The zero-order valence-corrected chi connectivity index (χ0v) is 13.8. The maximum absolute atomic E-state index is 13.1. The molecule has 0 radical (unpaired) electrons. The molecule has 0 heterocycles. The molecular weight excluding hydrogens is 307 g/mol. The summed E-state index contributed by atoms with van der Waals surface area (Å²) in [6.45, 7) is 6.20. The number of hydrogen-bond donors (Lipinski definition) is 1. The van der Waals surface area contributed by atoms with Crippen molar-refractivity contribution in [1.29, 1.82) is 0 Å². The fourth-order valence-electron chi connectivity index (χ4n) is 2.05. The summed E-state index contributed by atoms with van der Waals surface area (Å²) in [6, 6.07) is 5.68. The predicted molar refractivity (Wildman–Crippen MR) is 82.7 cm³/mol. The van der Waals surface area contributed by atoms with Crippen molar-refractivity contribution in [1.82, 2.24) is 10.2 Å². The summed E-state index contributed by atoms with van der Waals surface area (Å²) in [5.41, 5.74) is 1.09. The van der Waals surface area contributed by atoms with Gasteiger partial charge in [0.25, 0.3) is 0 Å². The van der Waals surface area contributed by atoms with Crippen LogP contribution in [0.5, 0.6) is 0 Å². The molecule has 4 heteroatoms. The second-order valence-corrected chi connectivity index (χ2v) is 6.48. The maximum atomic E-state index is 13.1. The van der Waals surface area contributed by atoms with Crippen molar-refractivity contribution in [3.8, 4) is 0 Å². The van der Waals surface area contributed by atoms with Gasteiger partial charge in [-0.15, -0.1) is 0 Å². The van der Waals surface area contributed by atoms with E-state index in [0.29, 0.717) is 16.4 Å². The lowest BCUT2D eigenvalue weighted by atomic mass is 10.0. The Morgan fingerprint density at radius 1 is 1.32 bits per heavy atom. The standard InChI is InChI=1S/C15H24BrFN2/c1-11(2)7-13(19(3)4)10-18-9-12-5-6-15(17)14(16)8-12/h5-6,8,11,13,18H,7,9-10H2,1-4H3. The van der Waals surface area contributed by atoms with Gasteiger partial charge in [0.1, 0.15) is 5.82 Å². The van der Waals surface area contributed by atoms with E-state index in [4.69, 9.17) is 0 Å². The molecule has 0 saturated heterocycles. The molecule has 0 saturated carbocycles. The maximum Gasteiger partial charge on any atom is 0.137 e. The van der Waals surface area contributed by atoms with Crippen molar-refractivity contribution in [2.45, 2.75) is 32.9 Å². The molecule has 1 N–H and O–H groups in total. The Morgan fingerprint density at radius 3 is 2.53 bits per heavy atom. The predicted octanol–water partition coefficient (Wildman–Crippen LogP) is 3.65. The van der Waals surface area contributed by atoms with Crippen LogP contribution in [0.4, 0.5) is 4.39 Å². The van der Waals surface area contributed by atoms with E-state index >= 15 is 0 Å². The molecule has 0 aliphatic rings. The summed E-state index contributed by atoms with van der Waals surface area (Å²) < 4.78 is 13.7. The van der Waals surface area contributed by atoms with E-state index in [2.05, 4.69) is 54.1 Å². The number of benzene rings is 1. The Bertz CT molecular complexity index is 394. The lowest BCUT2D eigenvalue weighted by Crippen LogP contribution is -2.38. The summed E-state index contributed by atoms with van der Waals surface area (Å²) in [4.78, 5) is 2.26. The van der Waals surface area contributed by atoms with Crippen LogP contribution in [0.1, 0.15) is 25.8 Å². The van der Waals surface area contributed by atoms with Gasteiger partial charge in [0.05, 0.1) is 4.47 Å². The fraction of sp³-hybridized carbons (Fsp3) is 0.600. The van der Waals surface area contributed by atoms with Crippen molar-refractivity contribution in [3.05, 3.63) is 34.1 Å². The van der Waals surface area contributed by atoms with Gasteiger partial charge >= 0.3 is 0 Å². The largest absolute Gasteiger partial charge is 0.311 e. The number of halogens is 2. The van der Waals surface area contributed by atoms with Gasteiger partial charge in [-0.2, -0.15) is 0 Å². The molecule has 19 heavy (non-hydrogen) atoms. The summed E-state index contributed by atoms with van der Waals surface area (Å²) >= 11 is 3.21. The Morgan fingerprint density at radius 2 is 2.00 bits per heavy atom. The van der Waals surface area contributed by atoms with Crippen LogP contribution in [-0.2, 0) is 6.54 Å². The van der Waals surface area contributed by atoms with Gasteiger partial charge in [-0.1, -0.05) is 19.9 Å². The van der Waals surface area contributed by atoms with Crippen LogP contribution in [0.15, 0.2) is 22.7 Å². The molecule has 1 unspecified atom stereocenters. The van der Waals surface area contributed by atoms with Gasteiger partial charge in [0.2, 0.25) is 0 Å². The Hall–Kier alpha value is -0.450. The highest BCUT2D eigenvalue weighted by atomic mass is 79.9. The zero-order valence-electron chi connectivity index (χ0n) is 12.2. The van der Waals surface area contributed by atoms with Gasteiger partial charge < -0.3 is 10.2 Å². The van der Waals surface area contributed by atoms with Crippen molar-refractivity contribution < 1.29 is 4.39 Å². The molecule has 0 amide bonds. The van der Waals surface area contributed by atoms with Crippen LogP contribution in [0.25, 0.3) is 0 Å². The molecular formula is C15H24BrFN2. The zero-order chi connectivity index (χ0) is 14.4. The number of likely N-dealkylation sites (N-methyl/N-ethyl adjacent to an activating group) is 1. The summed E-state index contributed by atoms with van der Waals surface area (Å²) in [5, 5.41) is 3.45. The SMILES string of the molecule is CC(C)CC(CNCc1ccc(F)c(Br)c1)N(C)C. The molecule has 108 valence electrons. The minimum Gasteiger partial charge on any atom is -0.311 e. The first-order valence-electron chi connectivity index (χ1n) is 6.71. The average molecular weight is 331 g/mol. The number of hydrogen-bond acceptors (Lipinski definition) is 2. The van der Waals surface area contributed by atoms with Crippen LogP contribution < -0.4 is 5.32 Å². The van der Waals surface area contributed by atoms with Crippen LogP contribution in [0.2, 0.25) is 0 Å². The van der Waals surface area contributed by atoms with Gasteiger partial charge in [-0.25, -0.2) is 4.39 Å². The molecule has 0 aliphatic heterocycles. The van der Waals surface area contributed by atoms with Crippen LogP contribution >= 0.6 is 15.9 Å². The van der Waals surface area contributed by atoms with E-state index in [9.17, 15) is 4.39 Å². The van der Waals surface area contributed by atoms with Crippen LogP contribution in [-0.4, -0.2) is 31.6 Å². The van der Waals surface area contributed by atoms with Crippen molar-refractivity contribution in [2.24, 2.45) is 5.92 Å². The second-order valence-electron chi connectivity index (χ2n) is 5.63. The first-order valence-corrected chi connectivity index (χ1v) is 7.50. The quantitative estimate of drug-likeness (QED) is 0.820. The third-order valence-electron chi connectivity index (χ3n) is 3.17. The van der Waals surface area contributed by atoms with E-state index in [1.807, 2.05) is 12.1 Å². The molecule has 1 aromatic carbocycles. The van der Waals surface area contributed by atoms with Gasteiger partial charge in [-0.3, -0.25) is 0 Å². The van der Waals surface area contributed by atoms with Gasteiger partial charge in [-0.05, 0) is 60.1 Å². The second kappa shape index (κ2) is 7.98. The number of nitrogens with one attached hydrogen (secondary N) is 1. The minimum absolute atomic E-state index is 0.213. The normalized spacial score (nSPS) is 13.3. The van der Waals surface area contributed by atoms with E-state index in [0.717, 1.165) is 18.7 Å². The number of nitrogens with zero attached hydrogens (tertiary/aromatic N) is 1. The minimum atomic E-state index is -0.213. The fourth-order valence-corrected chi connectivity index (χ4v) is 2.48. The molecule has 0 spiro atoms. The van der Waals surface area contributed by atoms with Crippen LogP contribution in [0, 0.1) is 11.7 Å². The Labute approximate surface area is 124 Å². The van der Waals surface area contributed by atoms with Crippen LogP contribution in [0.3, 0.4) is 0 Å². The highest BCUT2D eigenvalue weighted by Gasteiger charge is 2.12. The van der Waals surface area contributed by atoms with Gasteiger partial charge in [0.15, 0.2) is 0 Å². The van der Waals surface area contributed by atoms with E-state index < -0.39 is 0 Å². The average Bonchev–Trinajstić information content (AvgIpc) is 2.31. The van der Waals surface area contributed by atoms with Crippen molar-refractivity contribution in [2.75, 3.05) is 20.6 Å². The molecule has 1 aromatic rings. The highest BCUT2D eigenvalue weighted by molar-refractivity contribution is 9.10. The molecule has 0 fully saturated rings. The summed E-state index contributed by atoms with van der Waals surface area (Å²) in [5.74, 6) is 0.476. The summed E-state index contributed by atoms with van der Waals surface area (Å²) in [7, 11) is 4.23.